The van der Waals surface area contributed by atoms with E-state index in [1.807, 2.05) is 13.8 Å². The van der Waals surface area contributed by atoms with Gasteiger partial charge in [0, 0.05) is 12.1 Å². The first-order chi connectivity index (χ1) is 12.9. The van der Waals surface area contributed by atoms with Gasteiger partial charge < -0.3 is 19.5 Å². The van der Waals surface area contributed by atoms with Crippen molar-refractivity contribution in [3.05, 3.63) is 35.4 Å². The molecule has 0 radical (unpaired) electrons. The number of hydrogen-bond donors (Lipinski definition) is 2. The van der Waals surface area contributed by atoms with Crippen LogP contribution in [0.5, 0.6) is 17.2 Å². The minimum atomic E-state index is -0.405. The monoisotopic (exact) mass is 387 g/mol. The summed E-state index contributed by atoms with van der Waals surface area (Å²) in [6.45, 7) is 4.05. The molecule has 8 heteroatoms. The van der Waals surface area contributed by atoms with Gasteiger partial charge in [0.15, 0.2) is 16.6 Å². The zero-order chi connectivity index (χ0) is 19.6. The van der Waals surface area contributed by atoms with Gasteiger partial charge >= 0.3 is 6.03 Å². The molecule has 3 rings (SSSR count). The fourth-order valence-electron chi connectivity index (χ4n) is 2.84. The standard InChI is InChI=1S/C19H21N3O4S/c1-10-6-11(2)16-15(7-10)27-19(21-16)22-18(23)20-12-8-13(24-3)17(26-5)14(9-12)25-4/h6-9H,1-5H3,(H2,20,21,22,23). The van der Waals surface area contributed by atoms with Crippen molar-refractivity contribution in [1.82, 2.24) is 4.98 Å². The lowest BCUT2D eigenvalue weighted by Gasteiger charge is -2.14. The lowest BCUT2D eigenvalue weighted by Crippen LogP contribution is -2.19. The second-order valence-electron chi connectivity index (χ2n) is 5.94. The molecule has 0 saturated carbocycles. The number of methoxy groups -OCH3 is 3. The molecule has 27 heavy (non-hydrogen) atoms. The number of fused-ring (bicyclic) bond motifs is 1. The lowest BCUT2D eigenvalue weighted by molar-refractivity contribution is 0.262. The van der Waals surface area contributed by atoms with E-state index in [0.29, 0.717) is 28.1 Å². The number of nitrogens with zero attached hydrogens (tertiary/aromatic N) is 1. The Kier molecular flexibility index (Phi) is 5.36. The van der Waals surface area contributed by atoms with Gasteiger partial charge in [0.25, 0.3) is 0 Å². The summed E-state index contributed by atoms with van der Waals surface area (Å²) in [4.78, 5) is 16.9. The molecule has 3 aromatic rings. The number of hydrogen-bond acceptors (Lipinski definition) is 6. The predicted molar refractivity (Wildman–Crippen MR) is 108 cm³/mol. The minimum absolute atomic E-state index is 0.405. The van der Waals surface area contributed by atoms with E-state index >= 15 is 0 Å². The molecule has 0 spiro atoms. The highest BCUT2D eigenvalue weighted by atomic mass is 32.1. The number of amides is 2. The Morgan fingerprint density at radius 1 is 0.963 bits per heavy atom. The van der Waals surface area contributed by atoms with Crippen LogP contribution in [0.4, 0.5) is 15.6 Å². The van der Waals surface area contributed by atoms with Gasteiger partial charge in [0.05, 0.1) is 37.2 Å². The third-order valence-corrected chi connectivity index (χ3v) is 4.89. The maximum absolute atomic E-state index is 12.4. The molecule has 0 fully saturated rings. The fourth-order valence-corrected chi connectivity index (χ4v) is 3.87. The van der Waals surface area contributed by atoms with E-state index in [-0.39, 0.29) is 0 Å². The smallest absolute Gasteiger partial charge is 0.325 e. The van der Waals surface area contributed by atoms with Gasteiger partial charge in [-0.1, -0.05) is 17.4 Å². The van der Waals surface area contributed by atoms with Crippen molar-refractivity contribution in [3.63, 3.8) is 0 Å². The number of carbonyl (C=O) groups excluding carboxylic acids is 1. The average Bonchev–Trinajstić information content (AvgIpc) is 3.03. The van der Waals surface area contributed by atoms with Crippen molar-refractivity contribution in [2.75, 3.05) is 32.0 Å². The number of rotatable bonds is 5. The first kappa shape index (κ1) is 18.8. The van der Waals surface area contributed by atoms with Crippen LogP contribution in [0.2, 0.25) is 0 Å². The van der Waals surface area contributed by atoms with E-state index in [9.17, 15) is 4.79 Å². The van der Waals surface area contributed by atoms with E-state index in [1.165, 1.54) is 32.7 Å². The third kappa shape index (κ3) is 3.90. The summed E-state index contributed by atoms with van der Waals surface area (Å²) in [5, 5.41) is 6.07. The van der Waals surface area contributed by atoms with Gasteiger partial charge in [0.2, 0.25) is 5.75 Å². The minimum Gasteiger partial charge on any atom is -0.493 e. The van der Waals surface area contributed by atoms with E-state index in [1.54, 1.807) is 12.1 Å². The second kappa shape index (κ2) is 7.71. The highest BCUT2D eigenvalue weighted by Crippen LogP contribution is 2.40. The zero-order valence-electron chi connectivity index (χ0n) is 15.8. The number of nitrogens with one attached hydrogen (secondary N) is 2. The predicted octanol–water partition coefficient (Wildman–Crippen LogP) is 4.58. The molecule has 0 aliphatic rings. The van der Waals surface area contributed by atoms with E-state index in [2.05, 4.69) is 27.8 Å². The molecular weight excluding hydrogens is 366 g/mol. The molecule has 0 aliphatic carbocycles. The van der Waals surface area contributed by atoms with Crippen LogP contribution >= 0.6 is 11.3 Å². The number of carbonyl (C=O) groups is 1. The number of urea groups is 1. The quantitative estimate of drug-likeness (QED) is 0.669. The van der Waals surface area contributed by atoms with Crippen LogP contribution in [-0.4, -0.2) is 32.3 Å². The molecule has 0 unspecified atom stereocenters. The van der Waals surface area contributed by atoms with Crippen LogP contribution < -0.4 is 24.8 Å². The van der Waals surface area contributed by atoms with Crippen molar-refractivity contribution in [2.24, 2.45) is 0 Å². The number of thiazole rings is 1. The first-order valence-electron chi connectivity index (χ1n) is 8.21. The Balaban J connectivity index is 1.81. The Hall–Kier alpha value is -3.00. The van der Waals surface area contributed by atoms with E-state index in [4.69, 9.17) is 14.2 Å². The first-order valence-corrected chi connectivity index (χ1v) is 9.02. The number of anilines is 2. The van der Waals surface area contributed by atoms with Crippen LogP contribution in [0.3, 0.4) is 0 Å². The van der Waals surface area contributed by atoms with Gasteiger partial charge in [-0.3, -0.25) is 5.32 Å². The van der Waals surface area contributed by atoms with Gasteiger partial charge in [-0.15, -0.1) is 0 Å². The van der Waals surface area contributed by atoms with Gasteiger partial charge in [0.1, 0.15) is 0 Å². The maximum Gasteiger partial charge on any atom is 0.325 e. The normalized spacial score (nSPS) is 10.6. The summed E-state index contributed by atoms with van der Waals surface area (Å²) < 4.78 is 16.9. The molecule has 2 N–H and O–H groups in total. The molecule has 2 amide bonds. The van der Waals surface area contributed by atoms with Crippen LogP contribution in [0.25, 0.3) is 10.2 Å². The summed E-state index contributed by atoms with van der Waals surface area (Å²) in [7, 11) is 4.57. The molecule has 0 aliphatic heterocycles. The van der Waals surface area contributed by atoms with Crippen molar-refractivity contribution < 1.29 is 19.0 Å². The van der Waals surface area contributed by atoms with Crippen molar-refractivity contribution in [3.8, 4) is 17.2 Å². The maximum atomic E-state index is 12.4. The fraction of sp³-hybridized carbons (Fsp3) is 0.263. The summed E-state index contributed by atoms with van der Waals surface area (Å²) in [6, 6.07) is 7.04. The summed E-state index contributed by atoms with van der Waals surface area (Å²) in [5.74, 6) is 1.37. The van der Waals surface area contributed by atoms with E-state index in [0.717, 1.165) is 21.3 Å². The lowest BCUT2D eigenvalue weighted by atomic mass is 10.1. The molecule has 7 nitrogen and oxygen atoms in total. The topological polar surface area (TPSA) is 81.7 Å². The molecule has 0 atom stereocenters. The van der Waals surface area contributed by atoms with Crippen LogP contribution in [0.15, 0.2) is 24.3 Å². The van der Waals surface area contributed by atoms with Crippen molar-refractivity contribution in [1.29, 1.82) is 0 Å². The SMILES string of the molecule is COc1cc(NC(=O)Nc2nc3c(C)cc(C)cc3s2)cc(OC)c1OC. The highest BCUT2D eigenvalue weighted by molar-refractivity contribution is 7.22. The largest absolute Gasteiger partial charge is 0.493 e. The highest BCUT2D eigenvalue weighted by Gasteiger charge is 2.15. The second-order valence-corrected chi connectivity index (χ2v) is 6.97. The molecule has 142 valence electrons. The molecule has 0 saturated heterocycles. The molecule has 2 aromatic carbocycles. The Morgan fingerprint density at radius 2 is 1.63 bits per heavy atom. The average molecular weight is 387 g/mol. The van der Waals surface area contributed by atoms with Crippen LogP contribution in [0.1, 0.15) is 11.1 Å². The molecule has 1 aromatic heterocycles. The summed E-state index contributed by atoms with van der Waals surface area (Å²) in [6.07, 6.45) is 0. The van der Waals surface area contributed by atoms with E-state index < -0.39 is 6.03 Å². The number of ether oxygens (including phenoxy) is 3. The van der Waals surface area contributed by atoms with Crippen LogP contribution in [-0.2, 0) is 0 Å². The Bertz CT molecular complexity index is 975. The third-order valence-electron chi connectivity index (χ3n) is 3.97. The molecular formula is C19H21N3O4S. The number of benzene rings is 2. The Morgan fingerprint density at radius 3 is 2.22 bits per heavy atom. The van der Waals surface area contributed by atoms with Gasteiger partial charge in [-0.25, -0.2) is 9.78 Å². The van der Waals surface area contributed by atoms with Crippen LogP contribution in [0, 0.1) is 13.8 Å². The zero-order valence-corrected chi connectivity index (χ0v) is 16.6. The summed E-state index contributed by atoms with van der Waals surface area (Å²) >= 11 is 1.43. The molecule has 0 bridgehead atoms. The van der Waals surface area contributed by atoms with Crippen molar-refractivity contribution in [2.45, 2.75) is 13.8 Å². The number of aromatic nitrogens is 1. The van der Waals surface area contributed by atoms with Gasteiger partial charge in [-0.05, 0) is 31.0 Å². The van der Waals surface area contributed by atoms with Gasteiger partial charge in [-0.2, -0.15) is 0 Å². The Labute approximate surface area is 161 Å². The van der Waals surface area contributed by atoms with Crippen molar-refractivity contribution >= 4 is 38.4 Å². The summed E-state index contributed by atoms with van der Waals surface area (Å²) in [5.41, 5.74) is 3.65. The number of aryl methyl sites for hydroxylation is 2. The molecule has 1 heterocycles.